The zero-order valence-electron chi connectivity index (χ0n) is 10.8. The molecular weight excluding hydrogens is 226 g/mol. The van der Waals surface area contributed by atoms with Crippen LogP contribution in [0.25, 0.3) is 0 Å². The summed E-state index contributed by atoms with van der Waals surface area (Å²) in [6, 6.07) is 8.67. The van der Waals surface area contributed by atoms with Crippen molar-refractivity contribution in [3.63, 3.8) is 0 Å². The summed E-state index contributed by atoms with van der Waals surface area (Å²) in [5.74, 6) is -0.131. The highest BCUT2D eigenvalue weighted by Gasteiger charge is 2.15. The van der Waals surface area contributed by atoms with E-state index >= 15 is 0 Å². The minimum Gasteiger partial charge on any atom is -0.348 e. The zero-order valence-corrected chi connectivity index (χ0v) is 10.8. The Balaban J connectivity index is 2.62. The largest absolute Gasteiger partial charge is 0.348 e. The molecule has 1 aromatic carbocycles. The molecule has 1 aromatic rings. The molecule has 2 unspecified atom stereocenters. The summed E-state index contributed by atoms with van der Waals surface area (Å²) in [5.41, 5.74) is 7.32. The van der Waals surface area contributed by atoms with Gasteiger partial charge in [-0.25, -0.2) is 0 Å². The van der Waals surface area contributed by atoms with Gasteiger partial charge in [0, 0.05) is 0 Å². The normalized spacial score (nSPS) is 13.4. The SMILES string of the molecule is CCCC(N)C(=O)NC(C)c1ccc(C#N)cc1. The fraction of sp³-hybridized carbons (Fsp3) is 0.429. The number of benzene rings is 1. The van der Waals surface area contributed by atoms with Gasteiger partial charge in [-0.15, -0.1) is 0 Å². The lowest BCUT2D eigenvalue weighted by molar-refractivity contribution is -0.123. The van der Waals surface area contributed by atoms with Gasteiger partial charge in [0.05, 0.1) is 23.7 Å². The second kappa shape index (κ2) is 6.77. The number of carbonyl (C=O) groups excluding carboxylic acids is 1. The van der Waals surface area contributed by atoms with Gasteiger partial charge in [-0.05, 0) is 31.0 Å². The van der Waals surface area contributed by atoms with Gasteiger partial charge in [0.25, 0.3) is 0 Å². The van der Waals surface area contributed by atoms with Gasteiger partial charge in [0.15, 0.2) is 0 Å². The third kappa shape index (κ3) is 3.86. The molecule has 0 aliphatic heterocycles. The van der Waals surface area contributed by atoms with Gasteiger partial charge in [-0.2, -0.15) is 5.26 Å². The number of nitriles is 1. The van der Waals surface area contributed by atoms with E-state index in [1.165, 1.54) is 0 Å². The summed E-state index contributed by atoms with van der Waals surface area (Å²) >= 11 is 0. The molecule has 0 heterocycles. The van der Waals surface area contributed by atoms with Crippen molar-refractivity contribution < 1.29 is 4.79 Å². The van der Waals surface area contributed by atoms with Crippen molar-refractivity contribution in [1.82, 2.24) is 5.32 Å². The average Bonchev–Trinajstić information content (AvgIpc) is 2.39. The first-order chi connectivity index (χ1) is 8.58. The molecule has 0 fully saturated rings. The molecule has 0 aliphatic rings. The highest BCUT2D eigenvalue weighted by Crippen LogP contribution is 2.13. The Kier molecular flexibility index (Phi) is 5.34. The Morgan fingerprint density at radius 1 is 1.44 bits per heavy atom. The molecule has 1 amide bonds. The molecule has 0 saturated heterocycles. The van der Waals surface area contributed by atoms with Crippen LogP contribution in [0.5, 0.6) is 0 Å². The number of nitrogens with zero attached hydrogens (tertiary/aromatic N) is 1. The molecule has 0 bridgehead atoms. The number of nitrogens with two attached hydrogens (primary N) is 1. The Morgan fingerprint density at radius 2 is 2.06 bits per heavy atom. The monoisotopic (exact) mass is 245 g/mol. The van der Waals surface area contributed by atoms with Crippen molar-refractivity contribution in [3.8, 4) is 6.07 Å². The molecule has 0 saturated carbocycles. The Labute approximate surface area is 108 Å². The van der Waals surface area contributed by atoms with Gasteiger partial charge in [0.1, 0.15) is 0 Å². The van der Waals surface area contributed by atoms with E-state index in [2.05, 4.69) is 11.4 Å². The second-order valence-electron chi connectivity index (χ2n) is 4.36. The van der Waals surface area contributed by atoms with E-state index in [9.17, 15) is 4.79 Å². The third-order valence-corrected chi connectivity index (χ3v) is 2.83. The summed E-state index contributed by atoms with van der Waals surface area (Å²) in [7, 11) is 0. The van der Waals surface area contributed by atoms with Crippen LogP contribution in [-0.2, 0) is 4.79 Å². The Morgan fingerprint density at radius 3 is 2.56 bits per heavy atom. The zero-order chi connectivity index (χ0) is 13.5. The molecule has 96 valence electrons. The fourth-order valence-electron chi connectivity index (χ4n) is 1.69. The number of amides is 1. The number of nitrogens with one attached hydrogen (secondary N) is 1. The highest BCUT2D eigenvalue weighted by atomic mass is 16.2. The molecule has 0 aromatic heterocycles. The van der Waals surface area contributed by atoms with Gasteiger partial charge in [-0.1, -0.05) is 25.5 Å². The van der Waals surface area contributed by atoms with E-state index in [0.717, 1.165) is 12.0 Å². The lowest BCUT2D eigenvalue weighted by atomic mass is 10.1. The van der Waals surface area contributed by atoms with Crippen LogP contribution in [0.2, 0.25) is 0 Å². The number of hydrogen-bond acceptors (Lipinski definition) is 3. The van der Waals surface area contributed by atoms with Crippen LogP contribution in [0.4, 0.5) is 0 Å². The van der Waals surface area contributed by atoms with Crippen molar-refractivity contribution >= 4 is 5.91 Å². The van der Waals surface area contributed by atoms with Crippen LogP contribution in [0.15, 0.2) is 24.3 Å². The molecule has 0 spiro atoms. The van der Waals surface area contributed by atoms with Gasteiger partial charge < -0.3 is 11.1 Å². The van der Waals surface area contributed by atoms with Crippen LogP contribution < -0.4 is 11.1 Å². The minimum atomic E-state index is -0.448. The van der Waals surface area contributed by atoms with E-state index in [-0.39, 0.29) is 11.9 Å². The summed E-state index contributed by atoms with van der Waals surface area (Å²) in [6.07, 6.45) is 1.58. The van der Waals surface area contributed by atoms with Gasteiger partial charge >= 0.3 is 0 Å². The standard InChI is InChI=1S/C14H19N3O/c1-3-4-13(16)14(18)17-10(2)12-7-5-11(9-15)6-8-12/h5-8,10,13H,3-4,16H2,1-2H3,(H,17,18). The predicted octanol–water partition coefficient (Wildman–Crippen LogP) is 1.86. The molecule has 2 atom stereocenters. The van der Waals surface area contributed by atoms with E-state index in [1.54, 1.807) is 12.1 Å². The van der Waals surface area contributed by atoms with Crippen LogP contribution in [0.1, 0.15) is 43.9 Å². The molecule has 4 nitrogen and oxygen atoms in total. The molecule has 0 radical (unpaired) electrons. The number of rotatable bonds is 5. The molecule has 18 heavy (non-hydrogen) atoms. The van der Waals surface area contributed by atoms with Gasteiger partial charge in [-0.3, -0.25) is 4.79 Å². The fourth-order valence-corrected chi connectivity index (χ4v) is 1.69. The molecule has 0 aliphatic carbocycles. The third-order valence-electron chi connectivity index (χ3n) is 2.83. The van der Waals surface area contributed by atoms with Crippen LogP contribution in [0, 0.1) is 11.3 Å². The van der Waals surface area contributed by atoms with Crippen molar-refractivity contribution in [1.29, 1.82) is 5.26 Å². The molecule has 1 rings (SSSR count). The average molecular weight is 245 g/mol. The smallest absolute Gasteiger partial charge is 0.237 e. The highest BCUT2D eigenvalue weighted by molar-refractivity contribution is 5.81. The predicted molar refractivity (Wildman–Crippen MR) is 70.6 cm³/mol. The molecule has 3 N–H and O–H groups in total. The lowest BCUT2D eigenvalue weighted by Gasteiger charge is -2.17. The number of hydrogen-bond donors (Lipinski definition) is 2. The van der Waals surface area contributed by atoms with E-state index in [4.69, 9.17) is 11.0 Å². The van der Waals surface area contributed by atoms with Crippen LogP contribution >= 0.6 is 0 Å². The van der Waals surface area contributed by atoms with Crippen LogP contribution in [-0.4, -0.2) is 11.9 Å². The second-order valence-corrected chi connectivity index (χ2v) is 4.36. The van der Waals surface area contributed by atoms with Crippen molar-refractivity contribution in [2.24, 2.45) is 5.73 Å². The quantitative estimate of drug-likeness (QED) is 0.831. The summed E-state index contributed by atoms with van der Waals surface area (Å²) in [6.45, 7) is 3.90. The molecular formula is C14H19N3O. The van der Waals surface area contributed by atoms with E-state index in [0.29, 0.717) is 12.0 Å². The summed E-state index contributed by atoms with van der Waals surface area (Å²) in [4.78, 5) is 11.8. The Bertz CT molecular complexity index is 433. The topological polar surface area (TPSA) is 78.9 Å². The molecule has 4 heteroatoms. The maximum Gasteiger partial charge on any atom is 0.237 e. The number of carbonyl (C=O) groups is 1. The first kappa shape index (κ1) is 14.2. The first-order valence-electron chi connectivity index (χ1n) is 6.14. The maximum absolute atomic E-state index is 11.8. The maximum atomic E-state index is 11.8. The van der Waals surface area contributed by atoms with E-state index in [1.807, 2.05) is 26.0 Å². The van der Waals surface area contributed by atoms with Crippen LogP contribution in [0.3, 0.4) is 0 Å². The summed E-state index contributed by atoms with van der Waals surface area (Å²) < 4.78 is 0. The lowest BCUT2D eigenvalue weighted by Crippen LogP contribution is -2.41. The van der Waals surface area contributed by atoms with Crippen molar-refractivity contribution in [3.05, 3.63) is 35.4 Å². The van der Waals surface area contributed by atoms with Crippen molar-refractivity contribution in [2.75, 3.05) is 0 Å². The first-order valence-corrected chi connectivity index (χ1v) is 6.14. The van der Waals surface area contributed by atoms with Gasteiger partial charge in [0.2, 0.25) is 5.91 Å². The summed E-state index contributed by atoms with van der Waals surface area (Å²) in [5, 5.41) is 11.6. The van der Waals surface area contributed by atoms with Crippen molar-refractivity contribution in [2.45, 2.75) is 38.8 Å². The Hall–Kier alpha value is -1.86. The van der Waals surface area contributed by atoms with E-state index < -0.39 is 6.04 Å². The minimum absolute atomic E-state index is 0.104.